The third-order valence-electron chi connectivity index (χ3n) is 13.7. The van der Waals surface area contributed by atoms with E-state index in [4.69, 9.17) is 23.1 Å². The average Bonchev–Trinajstić information content (AvgIpc) is 2.63. The maximum atomic E-state index is 15.0. The highest BCUT2D eigenvalue weighted by molar-refractivity contribution is 8.76. The van der Waals surface area contributed by atoms with Crippen molar-refractivity contribution in [3.63, 3.8) is 0 Å². The van der Waals surface area contributed by atoms with E-state index < -0.39 is 119 Å². The number of phenolic OH excluding ortho intramolecular Hbond substituents is 2. The molecular formula is C60H78ClN11O13S2. The number of hydrogen-bond acceptors (Lipinski definition) is 16. The molecule has 1 aliphatic heterocycles. The van der Waals surface area contributed by atoms with Crippen molar-refractivity contribution in [3.8, 4) is 11.5 Å². The van der Waals surface area contributed by atoms with Gasteiger partial charge in [0, 0.05) is 54.2 Å². The number of amides is 10. The van der Waals surface area contributed by atoms with Gasteiger partial charge in [-0.2, -0.15) is 0 Å². The molecule has 0 aromatic heterocycles. The molecule has 10 amide bonds. The number of primary amides is 2. The Labute approximate surface area is 517 Å². The van der Waals surface area contributed by atoms with E-state index in [9.17, 15) is 58.5 Å². The lowest BCUT2D eigenvalue weighted by atomic mass is 9.91. The minimum atomic E-state index is -1.77. The summed E-state index contributed by atoms with van der Waals surface area (Å²) in [5.74, 6) is -9.49. The Morgan fingerprint density at radius 2 is 1.13 bits per heavy atom. The number of rotatable bonds is 22. The Kier molecular flexibility index (Phi) is 27.2. The van der Waals surface area contributed by atoms with Gasteiger partial charge in [0.15, 0.2) is 0 Å². The molecule has 0 bridgehead atoms. The van der Waals surface area contributed by atoms with Crippen LogP contribution in [0.25, 0.3) is 0 Å². The first-order valence-electron chi connectivity index (χ1n) is 28.2. The van der Waals surface area contributed by atoms with Crippen LogP contribution in [0.5, 0.6) is 11.5 Å². The molecule has 0 aliphatic carbocycles. The lowest BCUT2D eigenvalue weighted by Crippen LogP contribution is -2.62. The highest BCUT2D eigenvalue weighted by Gasteiger charge is 2.37. The molecule has 0 unspecified atom stereocenters. The van der Waals surface area contributed by atoms with Crippen LogP contribution in [0.2, 0.25) is 5.02 Å². The Balaban J connectivity index is 1.63. The number of halogens is 1. The second kappa shape index (κ2) is 33.8. The van der Waals surface area contributed by atoms with E-state index in [0.717, 1.165) is 21.6 Å². The number of aromatic hydroxyl groups is 2. The zero-order chi connectivity index (χ0) is 64.0. The molecule has 5 rings (SSSR count). The van der Waals surface area contributed by atoms with E-state index in [1.54, 1.807) is 31.3 Å². The molecule has 0 radical (unpaired) electrons. The van der Waals surface area contributed by atoms with E-state index in [0.29, 0.717) is 46.7 Å². The predicted molar refractivity (Wildman–Crippen MR) is 331 cm³/mol. The topological polar surface area (TPSA) is 392 Å². The highest BCUT2D eigenvalue weighted by Crippen LogP contribution is 2.25. The molecule has 1 heterocycles. The molecule has 4 aromatic rings. The molecule has 1 fully saturated rings. The van der Waals surface area contributed by atoms with Gasteiger partial charge in [0.1, 0.15) is 59.8 Å². The largest absolute Gasteiger partial charge is 0.508 e. The number of nitrogens with one attached hydrogen (secondary N) is 9. The van der Waals surface area contributed by atoms with Crippen LogP contribution in [0.4, 0.5) is 0 Å². The number of carbonyl (C=O) groups excluding carboxylic acids is 10. The second-order valence-corrected chi connectivity index (χ2v) is 25.3. The SMILES string of the molecule is CNCCCC[C@@H]1NC(=O)[C@@H](Cc2ccc(C(N)=O)cc2)NC(=O)[C@H](Cc2ccc(O)cc2)NC(=O)[C@H](NC(=O)[C@H](Cc2ccc(Cl)cc2)NC(=O)CC(C)(C)C)CSSC[C@@H](C(=O)N[C@H](Cc2ccc(O)cc2)C(N)=O)NC(=O)[C@H]([C@@H](C)O)NC1=O. The molecule has 1 saturated heterocycles. The number of phenols is 2. The van der Waals surface area contributed by atoms with Crippen molar-refractivity contribution in [3.05, 3.63) is 130 Å². The minimum Gasteiger partial charge on any atom is -0.508 e. The highest BCUT2D eigenvalue weighted by atomic mass is 35.5. The molecule has 9 atom stereocenters. The third-order valence-corrected chi connectivity index (χ3v) is 16.4. The fourth-order valence-electron chi connectivity index (χ4n) is 9.01. The number of aliphatic hydroxyl groups excluding tert-OH is 1. The zero-order valence-electron chi connectivity index (χ0n) is 49.0. The minimum absolute atomic E-state index is 0.0174. The number of unbranched alkanes of at least 4 members (excludes halogenated alkanes) is 1. The number of hydrogen-bond donors (Lipinski definition) is 14. The summed E-state index contributed by atoms with van der Waals surface area (Å²) in [6.07, 6.45) is -1.50. The van der Waals surface area contributed by atoms with Crippen LogP contribution in [-0.4, -0.2) is 154 Å². The van der Waals surface area contributed by atoms with Crippen molar-refractivity contribution in [2.45, 2.75) is 134 Å². The molecule has 87 heavy (non-hydrogen) atoms. The van der Waals surface area contributed by atoms with Crippen molar-refractivity contribution >= 4 is 92.3 Å². The van der Waals surface area contributed by atoms with Crippen LogP contribution in [0.15, 0.2) is 97.1 Å². The van der Waals surface area contributed by atoms with Crippen LogP contribution in [0.3, 0.4) is 0 Å². The first-order chi connectivity index (χ1) is 41.2. The molecule has 16 N–H and O–H groups in total. The van der Waals surface area contributed by atoms with Crippen LogP contribution in [0, 0.1) is 5.41 Å². The normalized spacial score (nSPS) is 20.3. The molecule has 0 spiro atoms. The monoisotopic (exact) mass is 1260 g/mol. The Morgan fingerprint density at radius 1 is 0.632 bits per heavy atom. The summed E-state index contributed by atoms with van der Waals surface area (Å²) < 4.78 is 0. The summed E-state index contributed by atoms with van der Waals surface area (Å²) in [6, 6.07) is 11.9. The van der Waals surface area contributed by atoms with E-state index in [1.165, 1.54) is 79.7 Å². The summed E-state index contributed by atoms with van der Waals surface area (Å²) in [5.41, 5.74) is 12.9. The van der Waals surface area contributed by atoms with Crippen LogP contribution in [0.1, 0.15) is 86.0 Å². The molecule has 4 aromatic carbocycles. The predicted octanol–water partition coefficient (Wildman–Crippen LogP) is 1.09. The van der Waals surface area contributed by atoms with Gasteiger partial charge in [-0.05, 0) is 116 Å². The summed E-state index contributed by atoms with van der Waals surface area (Å²) in [5, 5.41) is 56.0. The Hall–Kier alpha value is -7.91. The summed E-state index contributed by atoms with van der Waals surface area (Å²) >= 11 is 6.19. The fourth-order valence-corrected chi connectivity index (χ4v) is 11.5. The Morgan fingerprint density at radius 3 is 1.66 bits per heavy atom. The second-order valence-electron chi connectivity index (χ2n) is 22.4. The first kappa shape index (κ1) is 69.9. The molecule has 0 saturated carbocycles. The summed E-state index contributed by atoms with van der Waals surface area (Å²) in [4.78, 5) is 141. The lowest BCUT2D eigenvalue weighted by molar-refractivity contribution is -0.136. The van der Waals surface area contributed by atoms with Gasteiger partial charge >= 0.3 is 0 Å². The molecule has 27 heteroatoms. The zero-order valence-corrected chi connectivity index (χ0v) is 51.4. The van der Waals surface area contributed by atoms with Gasteiger partial charge in [0.25, 0.3) is 0 Å². The van der Waals surface area contributed by atoms with E-state index in [-0.39, 0.29) is 67.1 Å². The third kappa shape index (κ3) is 23.7. The average molecular weight is 1260 g/mol. The maximum absolute atomic E-state index is 15.0. The lowest BCUT2D eigenvalue weighted by Gasteiger charge is -2.29. The number of aliphatic hydroxyl groups is 1. The standard InChI is InChI=1S/C60H78ClN11O13S2/c1-33(73)50-59(85)71-48(57(83)67-43(52(63)78)26-36-13-21-40(74)22-14-36)32-87-86-31-47(70-54(80)44(65-49(76)30-60(2,3)4)27-35-11-19-39(61)20-12-35)58(84)69-46(29-37-15-23-41(75)24-16-37)56(82)68-45(28-34-9-17-38(18-10-34)51(62)77)55(81)66-42(53(79)72-50)8-6-7-25-64-5/h9-24,33,42-48,50,64,73-75H,6-8,25-32H2,1-5H3,(H2,62,77)(H2,63,78)(H,65,76)(H,66,81)(H,67,83)(H,68,82)(H,69,84)(H,70,80)(H,71,85)(H,72,79)/t33-,42+,43-,44+,45-,46+,47-,48+,50+/m1/s1. The van der Waals surface area contributed by atoms with E-state index in [2.05, 4.69) is 47.9 Å². The van der Waals surface area contributed by atoms with Gasteiger partial charge in [-0.25, -0.2) is 0 Å². The van der Waals surface area contributed by atoms with E-state index >= 15 is 4.79 Å². The quantitative estimate of drug-likeness (QED) is 0.0387. The van der Waals surface area contributed by atoms with Crippen molar-refractivity contribution in [2.24, 2.45) is 16.9 Å². The molecular weight excluding hydrogens is 1180 g/mol. The number of benzene rings is 4. The van der Waals surface area contributed by atoms with Gasteiger partial charge in [0.2, 0.25) is 59.1 Å². The van der Waals surface area contributed by atoms with E-state index in [1.807, 2.05) is 20.8 Å². The van der Waals surface area contributed by atoms with Crippen LogP contribution in [-0.2, 0) is 68.8 Å². The van der Waals surface area contributed by atoms with Crippen molar-refractivity contribution in [1.82, 2.24) is 47.9 Å². The summed E-state index contributed by atoms with van der Waals surface area (Å²) in [7, 11) is 3.59. The van der Waals surface area contributed by atoms with Crippen LogP contribution < -0.4 is 59.3 Å². The van der Waals surface area contributed by atoms with Crippen molar-refractivity contribution in [1.29, 1.82) is 0 Å². The van der Waals surface area contributed by atoms with Crippen molar-refractivity contribution < 1.29 is 63.3 Å². The van der Waals surface area contributed by atoms with Gasteiger partial charge in [-0.15, -0.1) is 0 Å². The number of carbonyl (C=O) groups is 10. The van der Waals surface area contributed by atoms with Gasteiger partial charge < -0.3 is 74.6 Å². The van der Waals surface area contributed by atoms with Gasteiger partial charge in [0.05, 0.1) is 6.10 Å². The van der Waals surface area contributed by atoms with Crippen LogP contribution >= 0.6 is 33.2 Å². The molecule has 24 nitrogen and oxygen atoms in total. The molecule has 470 valence electrons. The summed E-state index contributed by atoms with van der Waals surface area (Å²) in [6.45, 7) is 7.25. The molecule has 1 aliphatic rings. The van der Waals surface area contributed by atoms with Crippen molar-refractivity contribution in [2.75, 3.05) is 25.1 Å². The van der Waals surface area contributed by atoms with Gasteiger partial charge in [-0.3, -0.25) is 47.9 Å². The van der Waals surface area contributed by atoms with Gasteiger partial charge in [-0.1, -0.05) is 102 Å². The maximum Gasteiger partial charge on any atom is 0.248 e. The first-order valence-corrected chi connectivity index (χ1v) is 31.0. The fraction of sp³-hybridized carbons (Fsp3) is 0.433. The smallest absolute Gasteiger partial charge is 0.248 e. The Bertz CT molecular complexity index is 3030. The number of nitrogens with two attached hydrogens (primary N) is 2.